The Bertz CT molecular complexity index is 669. The monoisotopic (exact) mass is 331 g/mol. The number of hydrogen-bond donors (Lipinski definition) is 0. The number of carbonyl (C=O) groups excluding carboxylic acids is 1. The maximum absolute atomic E-state index is 13.1. The lowest BCUT2D eigenvalue weighted by Crippen LogP contribution is -2.34. The Morgan fingerprint density at radius 3 is 2.43 bits per heavy atom. The Labute approximate surface area is 140 Å². The van der Waals surface area contributed by atoms with Gasteiger partial charge >= 0.3 is 0 Å². The van der Waals surface area contributed by atoms with E-state index in [1.54, 1.807) is 24.3 Å². The molecule has 1 saturated heterocycles. The van der Waals surface area contributed by atoms with Crippen LogP contribution in [0.1, 0.15) is 41.1 Å². The number of carbonyl (C=O) groups is 1. The Balaban J connectivity index is 1.77. The minimum Gasteiger partial charge on any atom is -0.338 e. The number of amides is 1. The van der Waals surface area contributed by atoms with Crippen LogP contribution in [0.4, 0.5) is 4.39 Å². The number of likely N-dealkylation sites (tertiary alicyclic amines) is 1. The molecule has 0 spiro atoms. The van der Waals surface area contributed by atoms with Crippen LogP contribution in [-0.4, -0.2) is 23.9 Å². The first-order valence-electron chi connectivity index (χ1n) is 7.94. The first-order chi connectivity index (χ1) is 11.1. The van der Waals surface area contributed by atoms with E-state index in [9.17, 15) is 9.18 Å². The molecule has 1 atom stereocenters. The minimum atomic E-state index is -0.225. The summed E-state index contributed by atoms with van der Waals surface area (Å²) in [6.45, 7) is 1.44. The highest BCUT2D eigenvalue weighted by Gasteiger charge is 2.24. The zero-order valence-corrected chi connectivity index (χ0v) is 13.6. The largest absolute Gasteiger partial charge is 0.338 e. The van der Waals surface area contributed by atoms with Crippen LogP contribution in [0.15, 0.2) is 48.5 Å². The van der Waals surface area contributed by atoms with Crippen molar-refractivity contribution in [1.29, 1.82) is 0 Å². The predicted octanol–water partition coefficient (Wildman–Crippen LogP) is 4.89. The molecule has 1 amide bonds. The van der Waals surface area contributed by atoms with Crippen LogP contribution in [0.3, 0.4) is 0 Å². The summed E-state index contributed by atoms with van der Waals surface area (Å²) in [5, 5.41) is 0.626. The molecular weight excluding hydrogens is 313 g/mol. The second-order valence-corrected chi connectivity index (χ2v) is 6.44. The Hall–Kier alpha value is -1.87. The van der Waals surface area contributed by atoms with E-state index in [-0.39, 0.29) is 17.6 Å². The van der Waals surface area contributed by atoms with Gasteiger partial charge in [-0.15, -0.1) is 0 Å². The van der Waals surface area contributed by atoms with Gasteiger partial charge in [0.2, 0.25) is 0 Å². The molecule has 23 heavy (non-hydrogen) atoms. The van der Waals surface area contributed by atoms with Crippen LogP contribution < -0.4 is 0 Å². The van der Waals surface area contributed by atoms with E-state index < -0.39 is 0 Å². The van der Waals surface area contributed by atoms with E-state index in [1.165, 1.54) is 12.1 Å². The van der Waals surface area contributed by atoms with E-state index in [0.29, 0.717) is 17.1 Å². The zero-order valence-electron chi connectivity index (χ0n) is 12.8. The van der Waals surface area contributed by atoms with Crippen molar-refractivity contribution in [1.82, 2.24) is 4.90 Å². The van der Waals surface area contributed by atoms with Crippen LogP contribution in [0.2, 0.25) is 5.02 Å². The number of hydrogen-bond acceptors (Lipinski definition) is 1. The summed E-state index contributed by atoms with van der Waals surface area (Å²) in [7, 11) is 0. The summed E-state index contributed by atoms with van der Waals surface area (Å²) in [6.07, 6.45) is 3.10. The van der Waals surface area contributed by atoms with E-state index in [2.05, 4.69) is 0 Å². The molecule has 0 radical (unpaired) electrons. The van der Waals surface area contributed by atoms with Crippen molar-refractivity contribution in [2.24, 2.45) is 0 Å². The topological polar surface area (TPSA) is 20.3 Å². The summed E-state index contributed by atoms with van der Waals surface area (Å²) in [4.78, 5) is 14.6. The van der Waals surface area contributed by atoms with Crippen LogP contribution in [0.5, 0.6) is 0 Å². The maximum atomic E-state index is 13.1. The SMILES string of the molecule is O=C(c1ccc(Cl)cc1)N1CCCC[C@H](c2ccc(F)cc2)C1. The number of nitrogens with zero attached hydrogens (tertiary/aromatic N) is 1. The Kier molecular flexibility index (Phi) is 4.97. The Morgan fingerprint density at radius 1 is 1.04 bits per heavy atom. The average molecular weight is 332 g/mol. The van der Waals surface area contributed by atoms with Crippen LogP contribution in [-0.2, 0) is 0 Å². The molecule has 0 saturated carbocycles. The summed E-state index contributed by atoms with van der Waals surface area (Å²) in [5.74, 6) is 0.0708. The number of benzene rings is 2. The van der Waals surface area contributed by atoms with Crippen molar-refractivity contribution in [2.45, 2.75) is 25.2 Å². The highest BCUT2D eigenvalue weighted by Crippen LogP contribution is 2.27. The van der Waals surface area contributed by atoms with Gasteiger partial charge in [0.1, 0.15) is 5.82 Å². The van der Waals surface area contributed by atoms with Gasteiger partial charge < -0.3 is 4.90 Å². The normalized spacial score (nSPS) is 18.5. The number of rotatable bonds is 2. The lowest BCUT2D eigenvalue weighted by molar-refractivity contribution is 0.0754. The van der Waals surface area contributed by atoms with Crippen molar-refractivity contribution in [3.63, 3.8) is 0 Å². The van der Waals surface area contributed by atoms with Crippen molar-refractivity contribution in [3.8, 4) is 0 Å². The van der Waals surface area contributed by atoms with Crippen molar-refractivity contribution in [3.05, 3.63) is 70.5 Å². The van der Waals surface area contributed by atoms with Gasteiger partial charge in [-0.25, -0.2) is 4.39 Å². The van der Waals surface area contributed by atoms with Gasteiger partial charge in [-0.05, 0) is 54.8 Å². The third-order valence-corrected chi connectivity index (χ3v) is 4.64. The quantitative estimate of drug-likeness (QED) is 0.767. The first kappa shape index (κ1) is 16.0. The maximum Gasteiger partial charge on any atom is 0.253 e. The molecule has 2 aromatic carbocycles. The zero-order chi connectivity index (χ0) is 16.2. The van der Waals surface area contributed by atoms with Crippen molar-refractivity contribution >= 4 is 17.5 Å². The predicted molar refractivity (Wildman–Crippen MR) is 90.3 cm³/mol. The molecule has 3 rings (SSSR count). The van der Waals surface area contributed by atoms with Crippen LogP contribution in [0, 0.1) is 5.82 Å². The van der Waals surface area contributed by atoms with Gasteiger partial charge in [0.15, 0.2) is 0 Å². The minimum absolute atomic E-state index is 0.0377. The molecule has 0 bridgehead atoms. The standard InChI is InChI=1S/C19H19ClFNO/c20-17-8-4-15(5-9-17)19(23)22-12-2-1-3-16(13-22)14-6-10-18(21)11-7-14/h4-11,16H,1-3,12-13H2/t16-/m0/s1. The van der Waals surface area contributed by atoms with Gasteiger partial charge in [0.05, 0.1) is 0 Å². The molecule has 2 aromatic rings. The highest BCUT2D eigenvalue weighted by atomic mass is 35.5. The fourth-order valence-corrected chi connectivity index (χ4v) is 3.23. The first-order valence-corrected chi connectivity index (χ1v) is 8.31. The van der Waals surface area contributed by atoms with Gasteiger partial charge in [-0.1, -0.05) is 30.2 Å². The lowest BCUT2D eigenvalue weighted by Gasteiger charge is -2.25. The van der Waals surface area contributed by atoms with Gasteiger partial charge in [0.25, 0.3) is 5.91 Å². The highest BCUT2D eigenvalue weighted by molar-refractivity contribution is 6.30. The second kappa shape index (κ2) is 7.14. The third kappa shape index (κ3) is 3.91. The molecule has 1 aliphatic rings. The smallest absolute Gasteiger partial charge is 0.253 e. The molecule has 2 nitrogen and oxygen atoms in total. The number of halogens is 2. The summed E-state index contributed by atoms with van der Waals surface area (Å²) >= 11 is 5.89. The molecule has 0 aromatic heterocycles. The summed E-state index contributed by atoms with van der Waals surface area (Å²) in [6, 6.07) is 13.7. The third-order valence-electron chi connectivity index (χ3n) is 4.39. The summed E-state index contributed by atoms with van der Waals surface area (Å²) in [5.41, 5.74) is 1.76. The molecule has 1 fully saturated rings. The van der Waals surface area contributed by atoms with E-state index in [4.69, 9.17) is 11.6 Å². The summed E-state index contributed by atoms with van der Waals surface area (Å²) < 4.78 is 13.1. The molecule has 1 heterocycles. The molecule has 1 aliphatic heterocycles. The van der Waals surface area contributed by atoms with Crippen LogP contribution in [0.25, 0.3) is 0 Å². The van der Waals surface area contributed by atoms with Gasteiger partial charge in [-0.2, -0.15) is 0 Å². The van der Waals surface area contributed by atoms with E-state index in [1.807, 2.05) is 17.0 Å². The Morgan fingerprint density at radius 2 is 1.74 bits per heavy atom. The molecule has 4 heteroatoms. The molecule has 120 valence electrons. The van der Waals surface area contributed by atoms with Gasteiger partial charge in [-0.3, -0.25) is 4.79 Å². The molecule has 0 unspecified atom stereocenters. The molecular formula is C19H19ClFNO. The van der Waals surface area contributed by atoms with Gasteiger partial charge in [0, 0.05) is 29.6 Å². The van der Waals surface area contributed by atoms with Crippen molar-refractivity contribution in [2.75, 3.05) is 13.1 Å². The van der Waals surface area contributed by atoms with E-state index in [0.717, 1.165) is 31.4 Å². The fourth-order valence-electron chi connectivity index (χ4n) is 3.11. The average Bonchev–Trinajstić information content (AvgIpc) is 2.82. The fraction of sp³-hybridized carbons (Fsp3) is 0.316. The van der Waals surface area contributed by atoms with Crippen LogP contribution >= 0.6 is 11.6 Å². The van der Waals surface area contributed by atoms with Crippen molar-refractivity contribution < 1.29 is 9.18 Å². The van der Waals surface area contributed by atoms with E-state index >= 15 is 0 Å². The molecule has 0 aliphatic carbocycles. The lowest BCUT2D eigenvalue weighted by atomic mass is 9.94. The second-order valence-electron chi connectivity index (χ2n) is 6.00. The molecule has 0 N–H and O–H groups in total.